The van der Waals surface area contributed by atoms with Crippen molar-refractivity contribution in [2.75, 3.05) is 5.32 Å². The molecule has 0 unspecified atom stereocenters. The van der Waals surface area contributed by atoms with E-state index in [1.54, 1.807) is 18.3 Å². The van der Waals surface area contributed by atoms with Crippen LogP contribution in [0.1, 0.15) is 50.5 Å². The number of aromatic nitrogens is 2. The van der Waals surface area contributed by atoms with E-state index in [-0.39, 0.29) is 23.1 Å². The average Bonchev–Trinajstić information content (AvgIpc) is 2.99. The predicted molar refractivity (Wildman–Crippen MR) is 95.7 cm³/mol. The molecule has 1 aromatic carbocycles. The minimum Gasteiger partial charge on any atom is -0.480 e. The lowest BCUT2D eigenvalue weighted by molar-refractivity contribution is -0.140. The van der Waals surface area contributed by atoms with E-state index < -0.39 is 17.6 Å². The molecule has 0 radical (unpaired) electrons. The molecule has 7 heteroatoms. The van der Waals surface area contributed by atoms with Crippen molar-refractivity contribution in [2.24, 2.45) is 5.41 Å². The average molecular weight is 359 g/mol. The van der Waals surface area contributed by atoms with Crippen molar-refractivity contribution < 1.29 is 14.3 Å². The van der Waals surface area contributed by atoms with Gasteiger partial charge in [-0.15, -0.1) is 0 Å². The van der Waals surface area contributed by atoms with Crippen molar-refractivity contribution >= 4 is 11.8 Å². The Morgan fingerprint density at radius 2 is 2.00 bits per heavy atom. The molecule has 2 atom stereocenters. The largest absolute Gasteiger partial charge is 0.480 e. The van der Waals surface area contributed by atoms with Crippen molar-refractivity contribution in [2.45, 2.75) is 45.7 Å². The zero-order valence-corrected chi connectivity index (χ0v) is 15.0. The molecule has 6 nitrogen and oxygen atoms in total. The van der Waals surface area contributed by atoms with Gasteiger partial charge in [0.2, 0.25) is 0 Å². The van der Waals surface area contributed by atoms with Crippen molar-refractivity contribution in [1.29, 1.82) is 0 Å². The maximum Gasteiger partial charge on any atom is 0.326 e. The Bertz CT molecular complexity index is 884. The van der Waals surface area contributed by atoms with Crippen LogP contribution in [0, 0.1) is 11.2 Å². The molecule has 1 aromatic heterocycles. The molecule has 138 valence electrons. The first-order valence-electron chi connectivity index (χ1n) is 8.53. The highest BCUT2D eigenvalue weighted by atomic mass is 19.1. The molecule has 0 saturated heterocycles. The summed E-state index contributed by atoms with van der Waals surface area (Å²) in [5, 5.41) is 12.5. The van der Waals surface area contributed by atoms with Gasteiger partial charge in [-0.2, -0.15) is 0 Å². The molecule has 0 amide bonds. The van der Waals surface area contributed by atoms with Crippen molar-refractivity contribution in [3.63, 3.8) is 0 Å². The first-order chi connectivity index (χ1) is 12.2. The number of carboxylic acids is 1. The minimum atomic E-state index is -1.02. The third-order valence-electron chi connectivity index (χ3n) is 4.69. The molecule has 0 bridgehead atoms. The van der Waals surface area contributed by atoms with E-state index in [9.17, 15) is 19.1 Å². The van der Waals surface area contributed by atoms with E-state index in [0.717, 1.165) is 5.56 Å². The van der Waals surface area contributed by atoms with E-state index in [0.29, 0.717) is 18.5 Å². The predicted octanol–water partition coefficient (Wildman–Crippen LogP) is 3.15. The molecular formula is C19H22FN3O3. The number of carbonyl (C=O) groups is 1. The fourth-order valence-corrected chi connectivity index (χ4v) is 3.37. The summed E-state index contributed by atoms with van der Waals surface area (Å²) in [7, 11) is 0. The second-order valence-electron chi connectivity index (χ2n) is 7.66. The third-order valence-corrected chi connectivity index (χ3v) is 4.69. The Morgan fingerprint density at radius 3 is 2.58 bits per heavy atom. The van der Waals surface area contributed by atoms with Gasteiger partial charge in [0.1, 0.15) is 11.9 Å². The standard InChI is InChI=1S/C19H22FN3O3/c1-19(2,3)15(11-4-6-12(20)7-5-11)22-16-17(24)23-13(10-21-16)8-9-14(23)18(25)26/h4-7,10,14-15H,8-9H2,1-3H3,(H,21,22)(H,25,26)/t14-,15-/m0/s1. The number of benzene rings is 1. The van der Waals surface area contributed by atoms with Gasteiger partial charge in [-0.1, -0.05) is 32.9 Å². The lowest BCUT2D eigenvalue weighted by atomic mass is 9.82. The van der Waals surface area contributed by atoms with E-state index >= 15 is 0 Å². The maximum atomic E-state index is 13.3. The van der Waals surface area contributed by atoms with E-state index in [1.807, 2.05) is 20.8 Å². The smallest absolute Gasteiger partial charge is 0.326 e. The SMILES string of the molecule is CC(C)(C)[C@@H](Nc1ncc2n(c1=O)[C@H](C(=O)O)CC2)c1ccc(F)cc1. The number of aryl methyl sites for hydroxylation is 1. The van der Waals surface area contributed by atoms with E-state index in [2.05, 4.69) is 10.3 Å². The van der Waals surface area contributed by atoms with Crippen LogP contribution in [0.3, 0.4) is 0 Å². The quantitative estimate of drug-likeness (QED) is 0.876. The summed E-state index contributed by atoms with van der Waals surface area (Å²) < 4.78 is 14.6. The summed E-state index contributed by atoms with van der Waals surface area (Å²) in [6.07, 6.45) is 2.45. The lowest BCUT2D eigenvalue weighted by Crippen LogP contribution is -2.34. The van der Waals surface area contributed by atoms with Crippen LogP contribution in [0.4, 0.5) is 10.2 Å². The number of rotatable bonds is 4. The number of fused-ring (bicyclic) bond motifs is 1. The molecule has 3 rings (SSSR count). The summed E-state index contributed by atoms with van der Waals surface area (Å²) in [6.45, 7) is 6.00. The Morgan fingerprint density at radius 1 is 1.35 bits per heavy atom. The molecule has 0 saturated carbocycles. The Kier molecular flexibility index (Phi) is 4.56. The van der Waals surface area contributed by atoms with E-state index in [1.165, 1.54) is 16.7 Å². The fraction of sp³-hybridized carbons (Fsp3) is 0.421. The number of hydrogen-bond acceptors (Lipinski definition) is 4. The number of nitrogens with zero attached hydrogens (tertiary/aromatic N) is 2. The van der Waals surface area contributed by atoms with Crippen molar-refractivity contribution in [3.8, 4) is 0 Å². The van der Waals surface area contributed by atoms with Crippen LogP contribution in [0.5, 0.6) is 0 Å². The number of nitrogens with one attached hydrogen (secondary N) is 1. The molecule has 0 spiro atoms. The first-order valence-corrected chi connectivity index (χ1v) is 8.53. The highest BCUT2D eigenvalue weighted by Crippen LogP contribution is 2.35. The van der Waals surface area contributed by atoms with Gasteiger partial charge in [-0.05, 0) is 36.0 Å². The highest BCUT2D eigenvalue weighted by Gasteiger charge is 2.32. The van der Waals surface area contributed by atoms with Crippen LogP contribution >= 0.6 is 0 Å². The summed E-state index contributed by atoms with van der Waals surface area (Å²) in [4.78, 5) is 28.5. The van der Waals surface area contributed by atoms with Crippen LogP contribution in [0.15, 0.2) is 35.3 Å². The molecular weight excluding hydrogens is 337 g/mol. The van der Waals surface area contributed by atoms with E-state index in [4.69, 9.17) is 0 Å². The molecule has 1 aliphatic heterocycles. The summed E-state index contributed by atoms with van der Waals surface area (Å²) in [5.74, 6) is -1.25. The Labute approximate surface area is 150 Å². The molecule has 2 aromatic rings. The van der Waals surface area contributed by atoms with Crippen LogP contribution in [-0.4, -0.2) is 20.6 Å². The second kappa shape index (κ2) is 6.55. The summed E-state index contributed by atoms with van der Waals surface area (Å²) in [6, 6.07) is 4.93. The van der Waals surface area contributed by atoms with Crippen LogP contribution in [0.25, 0.3) is 0 Å². The van der Waals surface area contributed by atoms with Gasteiger partial charge in [-0.3, -0.25) is 9.36 Å². The normalized spacial score (nSPS) is 17.6. The fourth-order valence-electron chi connectivity index (χ4n) is 3.37. The van der Waals surface area contributed by atoms with Gasteiger partial charge in [0.15, 0.2) is 5.82 Å². The zero-order chi connectivity index (χ0) is 19.1. The number of hydrogen-bond donors (Lipinski definition) is 2. The molecule has 0 aliphatic carbocycles. The second-order valence-corrected chi connectivity index (χ2v) is 7.66. The molecule has 0 fully saturated rings. The summed E-state index contributed by atoms with van der Waals surface area (Å²) in [5.41, 5.74) is 0.716. The first kappa shape index (κ1) is 18.1. The highest BCUT2D eigenvalue weighted by molar-refractivity contribution is 5.72. The summed E-state index contributed by atoms with van der Waals surface area (Å²) >= 11 is 0. The maximum absolute atomic E-state index is 13.3. The molecule has 2 heterocycles. The Balaban J connectivity index is 2.01. The van der Waals surface area contributed by atoms with Gasteiger partial charge < -0.3 is 10.4 Å². The van der Waals surface area contributed by atoms with Crippen molar-refractivity contribution in [1.82, 2.24) is 9.55 Å². The van der Waals surface area contributed by atoms with Gasteiger partial charge in [0.25, 0.3) is 5.56 Å². The minimum absolute atomic E-state index is 0.103. The topological polar surface area (TPSA) is 84.2 Å². The third kappa shape index (κ3) is 3.34. The van der Waals surface area contributed by atoms with Gasteiger partial charge >= 0.3 is 5.97 Å². The number of aliphatic carboxylic acids is 1. The van der Waals surface area contributed by atoms with Crippen LogP contribution in [-0.2, 0) is 11.2 Å². The lowest BCUT2D eigenvalue weighted by Gasteiger charge is -2.32. The van der Waals surface area contributed by atoms with Crippen molar-refractivity contribution in [3.05, 3.63) is 57.9 Å². The van der Waals surface area contributed by atoms with Crippen LogP contribution < -0.4 is 10.9 Å². The Hall–Kier alpha value is -2.70. The number of carboxylic acid groups (broad SMARTS) is 1. The molecule has 1 aliphatic rings. The zero-order valence-electron chi connectivity index (χ0n) is 15.0. The van der Waals surface area contributed by atoms with Gasteiger partial charge in [-0.25, -0.2) is 14.2 Å². The van der Waals surface area contributed by atoms with Crippen LogP contribution in [0.2, 0.25) is 0 Å². The monoisotopic (exact) mass is 359 g/mol. The van der Waals surface area contributed by atoms with Gasteiger partial charge in [0.05, 0.1) is 6.04 Å². The molecule has 26 heavy (non-hydrogen) atoms. The molecule has 2 N–H and O–H groups in total. The van der Waals surface area contributed by atoms with Gasteiger partial charge in [0, 0.05) is 11.9 Å². The number of anilines is 1. The number of halogens is 1.